The van der Waals surface area contributed by atoms with Crippen LogP contribution >= 0.6 is 11.3 Å². The monoisotopic (exact) mass is 520 g/mol. The second-order valence-corrected chi connectivity index (χ2v) is 10.8. The minimum Gasteiger partial charge on any atom is -0.330 e. The Morgan fingerprint density at radius 2 is 1.70 bits per heavy atom. The molecule has 1 aliphatic rings. The van der Waals surface area contributed by atoms with Crippen molar-refractivity contribution in [3.63, 3.8) is 0 Å². The Morgan fingerprint density at radius 1 is 0.973 bits per heavy atom. The van der Waals surface area contributed by atoms with E-state index in [1.165, 1.54) is 35.4 Å². The predicted octanol–water partition coefficient (Wildman–Crippen LogP) is 7.04. The van der Waals surface area contributed by atoms with Gasteiger partial charge in [-0.15, -0.1) is 11.3 Å². The van der Waals surface area contributed by atoms with E-state index in [-0.39, 0.29) is 30.2 Å². The molecule has 0 aliphatic carbocycles. The Labute approximate surface area is 224 Å². The number of rotatable bonds is 11. The first kappa shape index (κ1) is 27.1. The molecule has 0 saturated heterocycles. The van der Waals surface area contributed by atoms with Crippen molar-refractivity contribution in [1.82, 2.24) is 9.80 Å². The van der Waals surface area contributed by atoms with Crippen LogP contribution in [0.2, 0.25) is 0 Å². The summed E-state index contributed by atoms with van der Waals surface area (Å²) in [6.45, 7) is 5.44. The molecule has 1 atom stereocenters. The average molecular weight is 521 g/mol. The molecule has 0 spiro atoms. The van der Waals surface area contributed by atoms with Crippen molar-refractivity contribution in [2.24, 2.45) is 0 Å². The fraction of sp³-hybridized carbons (Fsp3) is 0.419. The summed E-state index contributed by atoms with van der Waals surface area (Å²) in [4.78, 5) is 32.1. The van der Waals surface area contributed by atoms with E-state index >= 15 is 0 Å². The first-order valence-corrected chi connectivity index (χ1v) is 14.4. The first-order chi connectivity index (χ1) is 18.0. The number of amides is 2. The van der Waals surface area contributed by atoms with Crippen LogP contribution in [0, 0.1) is 5.82 Å². The molecule has 0 radical (unpaired) electrons. The summed E-state index contributed by atoms with van der Waals surface area (Å²) in [6.07, 6.45) is 7.12. The lowest BCUT2D eigenvalue weighted by molar-refractivity contribution is -0.134. The van der Waals surface area contributed by atoms with Crippen LogP contribution < -0.4 is 0 Å². The summed E-state index contributed by atoms with van der Waals surface area (Å²) in [5.74, 6) is -0.476. The number of unbranched alkanes of at least 4 members (excludes halogenated alkanes) is 3. The maximum atomic E-state index is 13.8. The minimum atomic E-state index is -0.296. The standard InChI is InChI=1S/C31H37FN2O2S/c1-3-5-7-8-23-9-11-25(12-10-23)31(36)33(19-6-4-2)22-29(35)34-20-17-28-27(18-21-37-28)30(34)24-13-15-26(32)16-14-24/h9-16,18,21,30H,3-8,17,19-20,22H2,1-2H3/t30-/m0/s1. The highest BCUT2D eigenvalue weighted by Crippen LogP contribution is 2.38. The molecule has 37 heavy (non-hydrogen) atoms. The van der Waals surface area contributed by atoms with Gasteiger partial charge >= 0.3 is 0 Å². The van der Waals surface area contributed by atoms with Gasteiger partial charge in [0.05, 0.1) is 6.04 Å². The van der Waals surface area contributed by atoms with Crippen LogP contribution in [-0.4, -0.2) is 41.2 Å². The molecule has 3 aromatic rings. The van der Waals surface area contributed by atoms with Crippen molar-refractivity contribution in [2.75, 3.05) is 19.6 Å². The molecule has 196 valence electrons. The number of nitrogens with zero attached hydrogens (tertiary/aromatic N) is 2. The predicted molar refractivity (Wildman–Crippen MR) is 148 cm³/mol. The Kier molecular flexibility index (Phi) is 9.51. The zero-order valence-electron chi connectivity index (χ0n) is 21.9. The maximum Gasteiger partial charge on any atom is 0.254 e. The molecule has 1 aliphatic heterocycles. The van der Waals surface area contributed by atoms with Gasteiger partial charge in [0.25, 0.3) is 5.91 Å². The third kappa shape index (κ3) is 6.67. The average Bonchev–Trinajstić information content (AvgIpc) is 3.40. The van der Waals surface area contributed by atoms with Crippen molar-refractivity contribution in [3.8, 4) is 0 Å². The van der Waals surface area contributed by atoms with Gasteiger partial charge in [0.1, 0.15) is 12.4 Å². The number of hydrogen-bond acceptors (Lipinski definition) is 3. The van der Waals surface area contributed by atoms with E-state index in [1.54, 1.807) is 28.4 Å². The van der Waals surface area contributed by atoms with Gasteiger partial charge in [0, 0.05) is 23.5 Å². The first-order valence-electron chi connectivity index (χ1n) is 13.5. The summed E-state index contributed by atoms with van der Waals surface area (Å²) in [5, 5.41) is 2.05. The van der Waals surface area contributed by atoms with Gasteiger partial charge in [-0.05, 0) is 78.1 Å². The van der Waals surface area contributed by atoms with E-state index in [4.69, 9.17) is 0 Å². The molecular weight excluding hydrogens is 483 g/mol. The molecule has 0 fully saturated rings. The van der Waals surface area contributed by atoms with Crippen LogP contribution in [0.1, 0.15) is 83.9 Å². The molecule has 0 bridgehead atoms. The Hall–Kier alpha value is -2.99. The van der Waals surface area contributed by atoms with Gasteiger partial charge in [-0.3, -0.25) is 9.59 Å². The van der Waals surface area contributed by atoms with E-state index in [0.717, 1.165) is 43.2 Å². The normalized spacial score (nSPS) is 14.9. The number of benzene rings is 2. The molecule has 6 heteroatoms. The zero-order valence-corrected chi connectivity index (χ0v) is 22.7. The summed E-state index contributed by atoms with van der Waals surface area (Å²) in [7, 11) is 0. The number of fused-ring (bicyclic) bond motifs is 1. The fourth-order valence-corrected chi connectivity index (χ4v) is 5.92. The highest BCUT2D eigenvalue weighted by atomic mass is 32.1. The number of halogens is 1. The second-order valence-electron chi connectivity index (χ2n) is 9.82. The van der Waals surface area contributed by atoms with Crippen LogP contribution in [0.4, 0.5) is 4.39 Å². The molecule has 4 rings (SSSR count). The quantitative estimate of drug-likeness (QED) is 0.255. The van der Waals surface area contributed by atoms with Crippen molar-refractivity contribution >= 4 is 23.2 Å². The Balaban J connectivity index is 1.53. The van der Waals surface area contributed by atoms with Crippen LogP contribution in [-0.2, 0) is 17.6 Å². The lowest BCUT2D eigenvalue weighted by Crippen LogP contribution is -2.47. The van der Waals surface area contributed by atoms with Crippen LogP contribution in [0.5, 0.6) is 0 Å². The van der Waals surface area contributed by atoms with Crippen molar-refractivity contribution in [3.05, 3.63) is 92.9 Å². The van der Waals surface area contributed by atoms with E-state index in [9.17, 15) is 14.0 Å². The van der Waals surface area contributed by atoms with E-state index in [0.29, 0.717) is 18.7 Å². The van der Waals surface area contributed by atoms with E-state index in [2.05, 4.69) is 25.3 Å². The topological polar surface area (TPSA) is 40.6 Å². The molecule has 4 nitrogen and oxygen atoms in total. The molecule has 0 saturated carbocycles. The molecule has 0 N–H and O–H groups in total. The van der Waals surface area contributed by atoms with Gasteiger partial charge in [-0.2, -0.15) is 0 Å². The van der Waals surface area contributed by atoms with Crippen molar-refractivity contribution in [1.29, 1.82) is 0 Å². The second kappa shape index (κ2) is 13.0. The number of hydrogen-bond donors (Lipinski definition) is 0. The molecule has 0 unspecified atom stereocenters. The summed E-state index contributed by atoms with van der Waals surface area (Å²) in [5.41, 5.74) is 3.85. The molecule has 2 aromatic carbocycles. The van der Waals surface area contributed by atoms with Gasteiger partial charge in [0.2, 0.25) is 5.91 Å². The lowest BCUT2D eigenvalue weighted by atomic mass is 9.93. The molecule has 1 aromatic heterocycles. The summed E-state index contributed by atoms with van der Waals surface area (Å²) >= 11 is 1.70. The number of aryl methyl sites for hydroxylation is 1. The Bertz CT molecular complexity index is 1170. The fourth-order valence-electron chi connectivity index (χ4n) is 5.02. The zero-order chi connectivity index (χ0) is 26.2. The SMILES string of the molecule is CCCCCc1ccc(C(=O)N(CCCC)CC(=O)N2CCc3sccc3[C@@H]2c2ccc(F)cc2)cc1. The lowest BCUT2D eigenvalue weighted by Gasteiger charge is -2.37. The Morgan fingerprint density at radius 3 is 2.41 bits per heavy atom. The largest absolute Gasteiger partial charge is 0.330 e. The van der Waals surface area contributed by atoms with Crippen molar-refractivity contribution in [2.45, 2.75) is 64.8 Å². The third-order valence-electron chi connectivity index (χ3n) is 7.14. The number of carbonyl (C=O) groups excluding carboxylic acids is 2. The molecular formula is C31H37FN2O2S. The summed E-state index contributed by atoms with van der Waals surface area (Å²) in [6, 6.07) is 16.1. The van der Waals surface area contributed by atoms with Crippen LogP contribution in [0.15, 0.2) is 60.0 Å². The van der Waals surface area contributed by atoms with Crippen molar-refractivity contribution < 1.29 is 14.0 Å². The minimum absolute atomic E-state index is 0.0360. The van der Waals surface area contributed by atoms with E-state index < -0.39 is 0 Å². The maximum absolute atomic E-state index is 13.8. The van der Waals surface area contributed by atoms with Crippen LogP contribution in [0.3, 0.4) is 0 Å². The third-order valence-corrected chi connectivity index (χ3v) is 8.13. The highest BCUT2D eigenvalue weighted by Gasteiger charge is 2.34. The van der Waals surface area contributed by atoms with Gasteiger partial charge in [-0.1, -0.05) is 57.4 Å². The van der Waals surface area contributed by atoms with Gasteiger partial charge < -0.3 is 9.80 Å². The van der Waals surface area contributed by atoms with Gasteiger partial charge in [0.15, 0.2) is 0 Å². The molecule has 2 amide bonds. The number of carbonyl (C=O) groups is 2. The van der Waals surface area contributed by atoms with Crippen LogP contribution in [0.25, 0.3) is 0 Å². The smallest absolute Gasteiger partial charge is 0.254 e. The molecule has 2 heterocycles. The summed E-state index contributed by atoms with van der Waals surface area (Å²) < 4.78 is 13.7. The van der Waals surface area contributed by atoms with Gasteiger partial charge in [-0.25, -0.2) is 4.39 Å². The van der Waals surface area contributed by atoms with E-state index in [1.807, 2.05) is 29.2 Å². The highest BCUT2D eigenvalue weighted by molar-refractivity contribution is 7.10. The number of thiophene rings is 1.